The van der Waals surface area contributed by atoms with E-state index in [1.807, 2.05) is 53.4 Å². The molecule has 0 saturated heterocycles. The normalized spacial score (nSPS) is 18.9. The Bertz CT molecular complexity index is 1430. The van der Waals surface area contributed by atoms with Gasteiger partial charge < -0.3 is 19.4 Å². The van der Waals surface area contributed by atoms with E-state index in [0.29, 0.717) is 13.1 Å². The van der Waals surface area contributed by atoms with Gasteiger partial charge in [-0.05, 0) is 66.1 Å². The summed E-state index contributed by atoms with van der Waals surface area (Å²) in [7, 11) is 3.33. The van der Waals surface area contributed by atoms with Gasteiger partial charge in [-0.2, -0.15) is 0 Å². The fourth-order valence-corrected chi connectivity index (χ4v) is 5.71. The molecule has 6 rings (SSSR count). The molecule has 7 heteroatoms. The number of carbonyl (C=O) groups is 1. The third kappa shape index (κ3) is 3.00. The Kier molecular flexibility index (Phi) is 4.93. The average molecular weight is 518 g/mol. The minimum absolute atomic E-state index is 0.0240. The number of halogens is 1. The summed E-state index contributed by atoms with van der Waals surface area (Å²) < 4.78 is 11.7. The zero-order valence-corrected chi connectivity index (χ0v) is 20.5. The third-order valence-corrected chi connectivity index (χ3v) is 7.47. The molecule has 1 spiro atoms. The molecule has 0 saturated carbocycles. The lowest BCUT2D eigenvalue weighted by atomic mass is 9.82. The van der Waals surface area contributed by atoms with Crippen LogP contribution >= 0.6 is 15.9 Å². The average Bonchev–Trinajstić information content (AvgIpc) is 3.34. The Morgan fingerprint density at radius 2 is 1.76 bits per heavy atom. The third-order valence-electron chi connectivity index (χ3n) is 6.97. The second-order valence-corrected chi connectivity index (χ2v) is 9.63. The van der Waals surface area contributed by atoms with E-state index in [1.54, 1.807) is 14.2 Å². The summed E-state index contributed by atoms with van der Waals surface area (Å²) >= 11 is 3.63. The number of hydrogen-bond donors (Lipinski definition) is 2. The predicted octanol–water partition coefficient (Wildman–Crippen LogP) is 4.88. The molecule has 0 aliphatic carbocycles. The van der Waals surface area contributed by atoms with Gasteiger partial charge in [-0.15, -0.1) is 0 Å². The van der Waals surface area contributed by atoms with Crippen LogP contribution in [0.25, 0.3) is 10.9 Å². The molecule has 3 aromatic carbocycles. The first-order valence-electron chi connectivity index (χ1n) is 11.2. The van der Waals surface area contributed by atoms with Crippen LogP contribution in [0.1, 0.15) is 22.4 Å². The lowest BCUT2D eigenvalue weighted by molar-refractivity contribution is -0.123. The van der Waals surface area contributed by atoms with Crippen LogP contribution in [0.15, 0.2) is 65.1 Å². The van der Waals surface area contributed by atoms with E-state index in [9.17, 15) is 4.79 Å². The highest BCUT2D eigenvalue weighted by molar-refractivity contribution is 9.10. The molecule has 1 aromatic heterocycles. The molecule has 172 valence electrons. The van der Waals surface area contributed by atoms with Gasteiger partial charge in [0.05, 0.1) is 32.1 Å². The Balaban J connectivity index is 1.52. The van der Waals surface area contributed by atoms with Gasteiger partial charge in [0.2, 0.25) is 0 Å². The maximum Gasteiger partial charge on any atom is 0.258 e. The number of H-pyrrole nitrogens is 1. The van der Waals surface area contributed by atoms with E-state index in [1.165, 1.54) is 5.56 Å². The van der Waals surface area contributed by atoms with Crippen LogP contribution in [0.5, 0.6) is 11.5 Å². The summed E-state index contributed by atoms with van der Waals surface area (Å²) in [5.74, 6) is 1.63. The Morgan fingerprint density at radius 3 is 2.53 bits per heavy atom. The van der Waals surface area contributed by atoms with E-state index in [4.69, 9.17) is 9.47 Å². The molecule has 0 radical (unpaired) electrons. The van der Waals surface area contributed by atoms with Crippen molar-refractivity contribution in [1.82, 2.24) is 10.3 Å². The molecule has 3 heterocycles. The van der Waals surface area contributed by atoms with Crippen molar-refractivity contribution in [2.75, 3.05) is 25.7 Å². The van der Waals surface area contributed by atoms with Crippen molar-refractivity contribution >= 4 is 38.4 Å². The first-order chi connectivity index (χ1) is 16.5. The van der Waals surface area contributed by atoms with Gasteiger partial charge in [0, 0.05) is 27.5 Å². The largest absolute Gasteiger partial charge is 0.497 e. The molecule has 1 amide bonds. The van der Waals surface area contributed by atoms with Gasteiger partial charge in [-0.3, -0.25) is 10.1 Å². The molecule has 2 aliphatic heterocycles. The minimum atomic E-state index is -0.967. The number of aromatic nitrogens is 1. The van der Waals surface area contributed by atoms with Crippen LogP contribution in [0.2, 0.25) is 0 Å². The summed E-state index contributed by atoms with van der Waals surface area (Å²) in [5, 5.41) is 4.72. The van der Waals surface area contributed by atoms with Gasteiger partial charge in [-0.25, -0.2) is 0 Å². The van der Waals surface area contributed by atoms with Crippen molar-refractivity contribution < 1.29 is 14.3 Å². The first kappa shape index (κ1) is 21.3. The molecule has 1 atom stereocenters. The van der Waals surface area contributed by atoms with Crippen LogP contribution in [-0.4, -0.2) is 31.7 Å². The molecular formula is C27H24BrN3O3. The number of anilines is 1. The summed E-state index contributed by atoms with van der Waals surface area (Å²) in [6, 6.07) is 20.0. The standard InChI is InChI=1S/C27H24BrN3O3/c1-33-18-6-3-16(4-7-18)15-31-24-10-5-17(28)13-22(24)27(26(31)32)25-20(11-12-29-27)21-14-19(34-2)8-9-23(21)30-25/h3-10,13-14,29-30H,11-12,15H2,1-2H3/t27-/m0/s1. The van der Waals surface area contributed by atoms with Gasteiger partial charge in [0.15, 0.2) is 5.54 Å². The van der Waals surface area contributed by atoms with E-state index in [2.05, 4.69) is 38.4 Å². The summed E-state index contributed by atoms with van der Waals surface area (Å²) in [6.45, 7) is 1.18. The molecule has 0 bridgehead atoms. The molecule has 34 heavy (non-hydrogen) atoms. The van der Waals surface area contributed by atoms with Crippen LogP contribution < -0.4 is 19.7 Å². The lowest BCUT2D eigenvalue weighted by Crippen LogP contribution is -2.54. The number of nitrogens with zero attached hydrogens (tertiary/aromatic N) is 1. The number of ether oxygens (including phenoxy) is 2. The van der Waals surface area contributed by atoms with Crippen molar-refractivity contribution in [2.45, 2.75) is 18.5 Å². The van der Waals surface area contributed by atoms with Gasteiger partial charge in [0.25, 0.3) is 5.91 Å². The summed E-state index contributed by atoms with van der Waals surface area (Å²) in [5.41, 5.74) is 5.04. The topological polar surface area (TPSA) is 66.6 Å². The zero-order chi connectivity index (χ0) is 23.4. The quantitative estimate of drug-likeness (QED) is 0.404. The van der Waals surface area contributed by atoms with Crippen molar-refractivity contribution in [2.24, 2.45) is 0 Å². The molecule has 2 N–H and O–H groups in total. The maximum atomic E-state index is 14.3. The van der Waals surface area contributed by atoms with Crippen LogP contribution in [0, 0.1) is 0 Å². The van der Waals surface area contributed by atoms with E-state index in [0.717, 1.165) is 55.8 Å². The number of amides is 1. The first-order valence-corrected chi connectivity index (χ1v) is 12.0. The van der Waals surface area contributed by atoms with Crippen molar-refractivity contribution in [1.29, 1.82) is 0 Å². The highest BCUT2D eigenvalue weighted by Crippen LogP contribution is 2.49. The maximum absolute atomic E-state index is 14.3. The fourth-order valence-electron chi connectivity index (χ4n) is 5.35. The number of carbonyl (C=O) groups excluding carboxylic acids is 1. The second-order valence-electron chi connectivity index (χ2n) is 8.72. The SMILES string of the molecule is COc1ccc(CN2C(=O)[C@]3(NCCc4c3[nH]c3ccc(OC)cc43)c3cc(Br)ccc32)cc1. The molecular weight excluding hydrogens is 494 g/mol. The Labute approximate surface area is 206 Å². The number of methoxy groups -OCH3 is 2. The number of nitrogens with one attached hydrogen (secondary N) is 2. The second kappa shape index (κ2) is 7.89. The Hall–Kier alpha value is -3.29. The van der Waals surface area contributed by atoms with Crippen molar-refractivity contribution in [3.8, 4) is 11.5 Å². The number of hydrogen-bond acceptors (Lipinski definition) is 4. The fraction of sp³-hybridized carbons (Fsp3) is 0.222. The molecule has 4 aromatic rings. The number of fused-ring (bicyclic) bond motifs is 6. The van der Waals surface area contributed by atoms with Crippen molar-refractivity contribution in [3.05, 3.63) is 87.5 Å². The molecule has 0 fully saturated rings. The van der Waals surface area contributed by atoms with Gasteiger partial charge in [-0.1, -0.05) is 28.1 Å². The predicted molar refractivity (Wildman–Crippen MR) is 136 cm³/mol. The highest BCUT2D eigenvalue weighted by atomic mass is 79.9. The van der Waals surface area contributed by atoms with Gasteiger partial charge >= 0.3 is 0 Å². The number of rotatable bonds is 4. The highest BCUT2D eigenvalue weighted by Gasteiger charge is 2.55. The minimum Gasteiger partial charge on any atom is -0.497 e. The van der Waals surface area contributed by atoms with Crippen LogP contribution in [0.4, 0.5) is 5.69 Å². The number of aromatic amines is 1. The number of benzene rings is 3. The zero-order valence-electron chi connectivity index (χ0n) is 18.9. The van der Waals surface area contributed by atoms with Crippen LogP contribution in [0.3, 0.4) is 0 Å². The Morgan fingerprint density at radius 1 is 1.00 bits per heavy atom. The van der Waals surface area contributed by atoms with Gasteiger partial charge in [0.1, 0.15) is 11.5 Å². The lowest BCUT2D eigenvalue weighted by Gasteiger charge is -2.34. The summed E-state index contributed by atoms with van der Waals surface area (Å²) in [6.07, 6.45) is 0.833. The summed E-state index contributed by atoms with van der Waals surface area (Å²) in [4.78, 5) is 19.8. The van der Waals surface area contributed by atoms with E-state index >= 15 is 0 Å². The van der Waals surface area contributed by atoms with Crippen LogP contribution in [-0.2, 0) is 23.3 Å². The molecule has 0 unspecified atom stereocenters. The molecule has 6 nitrogen and oxygen atoms in total. The van der Waals surface area contributed by atoms with Crippen molar-refractivity contribution in [3.63, 3.8) is 0 Å². The van der Waals surface area contributed by atoms with E-state index in [-0.39, 0.29) is 5.91 Å². The monoisotopic (exact) mass is 517 g/mol. The molecule has 2 aliphatic rings. The van der Waals surface area contributed by atoms with E-state index < -0.39 is 5.54 Å². The smallest absolute Gasteiger partial charge is 0.258 e.